The summed E-state index contributed by atoms with van der Waals surface area (Å²) in [5.74, 6) is -1.23. The molecule has 1 N–H and O–H groups in total. The Kier molecular flexibility index (Phi) is 5.13. The molecule has 1 aromatic carbocycles. The number of nitrogens with one attached hydrogen (secondary N) is 1. The number of likely N-dealkylation sites (tertiary alicyclic amines) is 1. The van der Waals surface area contributed by atoms with Crippen LogP contribution in [0.15, 0.2) is 35.7 Å². The van der Waals surface area contributed by atoms with Crippen LogP contribution in [0, 0.1) is 0 Å². The van der Waals surface area contributed by atoms with E-state index in [0.29, 0.717) is 16.1 Å². The number of benzene rings is 1. The Hall–Kier alpha value is -3.00. The molecule has 0 atom stereocenters. The second-order valence-electron chi connectivity index (χ2n) is 5.68. The Morgan fingerprint density at radius 1 is 1.12 bits per heavy atom. The molecule has 26 heavy (non-hydrogen) atoms. The first-order valence-corrected chi connectivity index (χ1v) is 8.77. The number of ether oxygens (including phenoxy) is 1. The van der Waals surface area contributed by atoms with Gasteiger partial charge >= 0.3 is 5.97 Å². The van der Waals surface area contributed by atoms with E-state index in [1.165, 1.54) is 23.3 Å². The zero-order valence-electron chi connectivity index (χ0n) is 14.0. The van der Waals surface area contributed by atoms with Crippen molar-refractivity contribution in [3.8, 4) is 0 Å². The highest BCUT2D eigenvalue weighted by molar-refractivity contribution is 7.12. The fourth-order valence-electron chi connectivity index (χ4n) is 2.60. The lowest BCUT2D eigenvalue weighted by Crippen LogP contribution is -2.28. The van der Waals surface area contributed by atoms with Crippen LogP contribution in [0.1, 0.15) is 38.4 Å². The van der Waals surface area contributed by atoms with E-state index in [1.807, 2.05) is 0 Å². The monoisotopic (exact) mass is 372 g/mol. The average Bonchev–Trinajstić information content (AvgIpc) is 3.23. The summed E-state index contributed by atoms with van der Waals surface area (Å²) in [5.41, 5.74) is 1.55. The molecule has 1 aliphatic rings. The standard InChI is InChI=1S/C18H16N2O5S/c1-25-18(24)16-13(8-9-26-16)19-17(23)12-4-2-11(3-5-12)10-20-14(21)6-7-15(20)22/h2-5,8-9H,6-7,10H2,1H3,(H,19,23). The van der Waals surface area contributed by atoms with Crippen molar-refractivity contribution < 1.29 is 23.9 Å². The number of nitrogens with zero attached hydrogens (tertiary/aromatic N) is 1. The molecule has 1 aromatic heterocycles. The summed E-state index contributed by atoms with van der Waals surface area (Å²) in [4.78, 5) is 48.9. The van der Waals surface area contributed by atoms with Crippen LogP contribution in [-0.2, 0) is 20.9 Å². The van der Waals surface area contributed by atoms with Gasteiger partial charge in [0.2, 0.25) is 11.8 Å². The molecule has 3 amide bonds. The van der Waals surface area contributed by atoms with Crippen LogP contribution < -0.4 is 5.32 Å². The molecule has 8 heteroatoms. The van der Waals surface area contributed by atoms with Gasteiger partial charge < -0.3 is 10.1 Å². The van der Waals surface area contributed by atoms with E-state index in [2.05, 4.69) is 10.1 Å². The Labute approximate surface area is 153 Å². The Balaban J connectivity index is 1.68. The van der Waals surface area contributed by atoms with Crippen molar-refractivity contribution in [2.45, 2.75) is 19.4 Å². The highest BCUT2D eigenvalue weighted by atomic mass is 32.1. The minimum atomic E-state index is -0.509. The minimum absolute atomic E-state index is 0.176. The van der Waals surface area contributed by atoms with Crippen molar-refractivity contribution in [3.05, 3.63) is 51.7 Å². The number of methoxy groups -OCH3 is 1. The van der Waals surface area contributed by atoms with Gasteiger partial charge in [-0.2, -0.15) is 0 Å². The number of carbonyl (C=O) groups excluding carboxylic acids is 4. The lowest BCUT2D eigenvalue weighted by Gasteiger charge is -2.14. The summed E-state index contributed by atoms with van der Waals surface area (Å²) in [7, 11) is 1.28. The van der Waals surface area contributed by atoms with Crippen LogP contribution in [0.5, 0.6) is 0 Å². The quantitative estimate of drug-likeness (QED) is 0.643. The number of rotatable bonds is 5. The first-order chi connectivity index (χ1) is 12.5. The van der Waals surface area contributed by atoms with Crippen LogP contribution in [0.25, 0.3) is 0 Å². The first-order valence-electron chi connectivity index (χ1n) is 7.89. The van der Waals surface area contributed by atoms with Gasteiger partial charge in [0.25, 0.3) is 5.91 Å². The van der Waals surface area contributed by atoms with Gasteiger partial charge in [0, 0.05) is 18.4 Å². The molecule has 0 spiro atoms. The van der Waals surface area contributed by atoms with Crippen LogP contribution in [0.2, 0.25) is 0 Å². The minimum Gasteiger partial charge on any atom is -0.465 e. The molecule has 3 rings (SSSR count). The SMILES string of the molecule is COC(=O)c1sccc1NC(=O)c1ccc(CN2C(=O)CCC2=O)cc1. The molecule has 0 unspecified atom stereocenters. The lowest BCUT2D eigenvalue weighted by molar-refractivity contribution is -0.139. The number of carbonyl (C=O) groups is 4. The van der Waals surface area contributed by atoms with Gasteiger partial charge in [-0.15, -0.1) is 11.3 Å². The predicted molar refractivity (Wildman–Crippen MR) is 94.8 cm³/mol. The molecule has 0 aliphatic carbocycles. The largest absolute Gasteiger partial charge is 0.465 e. The molecule has 1 fully saturated rings. The van der Waals surface area contributed by atoms with E-state index in [1.54, 1.807) is 35.7 Å². The second-order valence-corrected chi connectivity index (χ2v) is 6.60. The molecule has 1 saturated heterocycles. The van der Waals surface area contributed by atoms with E-state index in [-0.39, 0.29) is 37.1 Å². The molecule has 1 aliphatic heterocycles. The molecule has 0 radical (unpaired) electrons. The number of amides is 3. The number of anilines is 1. The zero-order chi connectivity index (χ0) is 18.7. The smallest absolute Gasteiger partial charge is 0.350 e. The van der Waals surface area contributed by atoms with Crippen molar-refractivity contribution in [1.82, 2.24) is 4.90 Å². The summed E-state index contributed by atoms with van der Waals surface area (Å²) in [5, 5.41) is 4.37. The van der Waals surface area contributed by atoms with Crippen LogP contribution in [0.4, 0.5) is 5.69 Å². The van der Waals surface area contributed by atoms with E-state index in [9.17, 15) is 19.2 Å². The van der Waals surface area contributed by atoms with Crippen molar-refractivity contribution in [2.75, 3.05) is 12.4 Å². The van der Waals surface area contributed by atoms with Crippen LogP contribution in [0.3, 0.4) is 0 Å². The first kappa shape index (κ1) is 17.8. The third kappa shape index (κ3) is 3.65. The molecule has 0 saturated carbocycles. The fraction of sp³-hybridized carbons (Fsp3) is 0.222. The topological polar surface area (TPSA) is 92.8 Å². The molecular weight excluding hydrogens is 356 g/mol. The van der Waals surface area contributed by atoms with E-state index >= 15 is 0 Å². The highest BCUT2D eigenvalue weighted by Gasteiger charge is 2.28. The summed E-state index contributed by atoms with van der Waals surface area (Å²) in [6.45, 7) is 0.205. The highest BCUT2D eigenvalue weighted by Crippen LogP contribution is 2.24. The molecule has 2 aromatic rings. The molecule has 134 valence electrons. The maximum absolute atomic E-state index is 12.4. The molecule has 7 nitrogen and oxygen atoms in total. The van der Waals surface area contributed by atoms with Gasteiger partial charge in [0.1, 0.15) is 4.88 Å². The van der Waals surface area contributed by atoms with E-state index in [0.717, 1.165) is 5.56 Å². The van der Waals surface area contributed by atoms with Crippen LogP contribution >= 0.6 is 11.3 Å². The summed E-state index contributed by atoms with van der Waals surface area (Å²) in [6, 6.07) is 8.25. The van der Waals surface area contributed by atoms with Gasteiger partial charge in [-0.25, -0.2) is 4.79 Å². The average molecular weight is 372 g/mol. The van der Waals surface area contributed by atoms with Crippen molar-refractivity contribution in [1.29, 1.82) is 0 Å². The van der Waals surface area contributed by atoms with E-state index < -0.39 is 5.97 Å². The van der Waals surface area contributed by atoms with Gasteiger partial charge in [-0.05, 0) is 29.1 Å². The lowest BCUT2D eigenvalue weighted by atomic mass is 10.1. The number of imide groups is 1. The second kappa shape index (κ2) is 7.49. The number of thiophene rings is 1. The molecule has 2 heterocycles. The van der Waals surface area contributed by atoms with Gasteiger partial charge in [-0.1, -0.05) is 12.1 Å². The van der Waals surface area contributed by atoms with Crippen LogP contribution in [-0.4, -0.2) is 35.7 Å². The van der Waals surface area contributed by atoms with Crippen molar-refractivity contribution in [2.24, 2.45) is 0 Å². The van der Waals surface area contributed by atoms with Gasteiger partial charge in [0.05, 0.1) is 19.3 Å². The van der Waals surface area contributed by atoms with Gasteiger partial charge in [0.15, 0.2) is 0 Å². The molecule has 0 bridgehead atoms. The zero-order valence-corrected chi connectivity index (χ0v) is 14.8. The Morgan fingerprint density at radius 3 is 2.38 bits per heavy atom. The van der Waals surface area contributed by atoms with Crippen molar-refractivity contribution in [3.63, 3.8) is 0 Å². The number of hydrogen-bond donors (Lipinski definition) is 1. The maximum atomic E-state index is 12.4. The summed E-state index contributed by atoms with van der Waals surface area (Å²) >= 11 is 1.18. The number of hydrogen-bond acceptors (Lipinski definition) is 6. The number of esters is 1. The maximum Gasteiger partial charge on any atom is 0.350 e. The molecular formula is C18H16N2O5S. The fourth-order valence-corrected chi connectivity index (χ4v) is 3.36. The van der Waals surface area contributed by atoms with Crippen molar-refractivity contribution >= 4 is 40.7 Å². The summed E-state index contributed by atoms with van der Waals surface area (Å²) < 4.78 is 4.68. The Bertz CT molecular complexity index is 856. The predicted octanol–water partition coefficient (Wildman–Crippen LogP) is 2.44. The van der Waals surface area contributed by atoms with E-state index in [4.69, 9.17) is 0 Å². The third-order valence-corrected chi connectivity index (χ3v) is 4.89. The summed E-state index contributed by atoms with van der Waals surface area (Å²) in [6.07, 6.45) is 0.505. The Morgan fingerprint density at radius 2 is 1.77 bits per heavy atom. The third-order valence-electron chi connectivity index (χ3n) is 4.00. The van der Waals surface area contributed by atoms with Gasteiger partial charge in [-0.3, -0.25) is 19.3 Å². The normalized spacial score (nSPS) is 13.8.